The molecule has 0 fully saturated rings. The van der Waals surface area contributed by atoms with Gasteiger partial charge in [-0.2, -0.15) is 0 Å². The van der Waals surface area contributed by atoms with E-state index in [0.29, 0.717) is 0 Å². The fraction of sp³-hybridized carbons (Fsp3) is 0.0769. The maximum atomic E-state index is 13.7. The standard InChI is InChI=1S/C13H11BrF2N2/c14-9-3-1-8(2-4-9)13(18-17)11-7-10(15)5-6-12(11)16/h1-7,13,18H,17H2. The Balaban J connectivity index is 2.44. The second-order valence-corrected chi connectivity index (χ2v) is 4.73. The predicted molar refractivity (Wildman–Crippen MR) is 69.7 cm³/mol. The van der Waals surface area contributed by atoms with E-state index in [2.05, 4.69) is 21.4 Å². The first-order valence-corrected chi connectivity index (χ1v) is 6.07. The number of hydrogen-bond donors (Lipinski definition) is 2. The minimum Gasteiger partial charge on any atom is -0.271 e. The molecule has 0 aliphatic heterocycles. The molecule has 0 aliphatic rings. The molecule has 0 saturated carbocycles. The summed E-state index contributed by atoms with van der Waals surface area (Å²) in [4.78, 5) is 0. The second-order valence-electron chi connectivity index (χ2n) is 3.82. The van der Waals surface area contributed by atoms with Crippen LogP contribution in [0, 0.1) is 11.6 Å². The Bertz CT molecular complexity index is 543. The molecule has 0 bridgehead atoms. The van der Waals surface area contributed by atoms with Gasteiger partial charge in [-0.05, 0) is 35.9 Å². The van der Waals surface area contributed by atoms with Crippen molar-refractivity contribution in [2.45, 2.75) is 6.04 Å². The van der Waals surface area contributed by atoms with Crippen LogP contribution in [0.15, 0.2) is 46.9 Å². The van der Waals surface area contributed by atoms with Gasteiger partial charge in [0.05, 0.1) is 6.04 Å². The quantitative estimate of drug-likeness (QED) is 0.674. The number of rotatable bonds is 3. The molecule has 2 nitrogen and oxygen atoms in total. The van der Waals surface area contributed by atoms with Crippen LogP contribution >= 0.6 is 15.9 Å². The van der Waals surface area contributed by atoms with Crippen LogP contribution in [-0.4, -0.2) is 0 Å². The van der Waals surface area contributed by atoms with E-state index in [1.807, 2.05) is 12.1 Å². The van der Waals surface area contributed by atoms with E-state index in [1.54, 1.807) is 12.1 Å². The second kappa shape index (κ2) is 5.56. The molecule has 3 N–H and O–H groups in total. The average molecular weight is 313 g/mol. The van der Waals surface area contributed by atoms with Crippen molar-refractivity contribution in [2.75, 3.05) is 0 Å². The van der Waals surface area contributed by atoms with Crippen molar-refractivity contribution in [1.82, 2.24) is 5.43 Å². The van der Waals surface area contributed by atoms with Crippen LogP contribution in [0.25, 0.3) is 0 Å². The van der Waals surface area contributed by atoms with E-state index in [0.717, 1.165) is 28.2 Å². The van der Waals surface area contributed by atoms with E-state index in [9.17, 15) is 8.78 Å². The normalized spacial score (nSPS) is 12.4. The Morgan fingerprint density at radius 2 is 1.72 bits per heavy atom. The molecule has 0 aliphatic carbocycles. The Hall–Kier alpha value is -1.30. The predicted octanol–water partition coefficient (Wildman–Crippen LogP) is 3.28. The highest BCUT2D eigenvalue weighted by molar-refractivity contribution is 9.10. The van der Waals surface area contributed by atoms with Crippen LogP contribution < -0.4 is 11.3 Å². The molecule has 2 rings (SSSR count). The molecule has 0 spiro atoms. The van der Waals surface area contributed by atoms with Crippen LogP contribution in [0.2, 0.25) is 0 Å². The smallest absolute Gasteiger partial charge is 0.128 e. The summed E-state index contributed by atoms with van der Waals surface area (Å²) < 4.78 is 27.8. The van der Waals surface area contributed by atoms with Crippen molar-refractivity contribution in [3.63, 3.8) is 0 Å². The first kappa shape index (κ1) is 13.1. The van der Waals surface area contributed by atoms with Crippen molar-refractivity contribution in [3.05, 3.63) is 69.7 Å². The zero-order valence-electron chi connectivity index (χ0n) is 9.33. The molecule has 1 atom stereocenters. The van der Waals surface area contributed by atoms with Crippen LogP contribution in [-0.2, 0) is 0 Å². The summed E-state index contributed by atoms with van der Waals surface area (Å²) >= 11 is 3.31. The molecular formula is C13H11BrF2N2. The highest BCUT2D eigenvalue weighted by Crippen LogP contribution is 2.25. The van der Waals surface area contributed by atoms with E-state index < -0.39 is 17.7 Å². The minimum absolute atomic E-state index is 0.180. The van der Waals surface area contributed by atoms with Gasteiger partial charge in [0, 0.05) is 10.0 Å². The molecule has 94 valence electrons. The Morgan fingerprint density at radius 3 is 2.33 bits per heavy atom. The van der Waals surface area contributed by atoms with Gasteiger partial charge in [-0.15, -0.1) is 0 Å². The number of nitrogens with two attached hydrogens (primary N) is 1. The largest absolute Gasteiger partial charge is 0.271 e. The molecule has 18 heavy (non-hydrogen) atoms. The third-order valence-electron chi connectivity index (χ3n) is 2.64. The zero-order valence-corrected chi connectivity index (χ0v) is 10.9. The molecule has 0 aromatic heterocycles. The summed E-state index contributed by atoms with van der Waals surface area (Å²) in [6.07, 6.45) is 0. The van der Waals surface area contributed by atoms with Crippen molar-refractivity contribution in [3.8, 4) is 0 Å². The lowest BCUT2D eigenvalue weighted by molar-refractivity contribution is 0.545. The first-order chi connectivity index (χ1) is 8.61. The van der Waals surface area contributed by atoms with Gasteiger partial charge in [0.25, 0.3) is 0 Å². The molecule has 2 aromatic carbocycles. The summed E-state index contributed by atoms with van der Waals surface area (Å²) in [6, 6.07) is 9.93. The van der Waals surface area contributed by atoms with Gasteiger partial charge in [0.15, 0.2) is 0 Å². The van der Waals surface area contributed by atoms with Crippen LogP contribution in [0.3, 0.4) is 0 Å². The van der Waals surface area contributed by atoms with E-state index in [4.69, 9.17) is 5.84 Å². The number of halogens is 3. The fourth-order valence-electron chi connectivity index (χ4n) is 1.76. The van der Waals surface area contributed by atoms with Gasteiger partial charge in [-0.1, -0.05) is 28.1 Å². The maximum Gasteiger partial charge on any atom is 0.128 e. The number of hydrogen-bond acceptors (Lipinski definition) is 2. The highest BCUT2D eigenvalue weighted by atomic mass is 79.9. The fourth-order valence-corrected chi connectivity index (χ4v) is 2.02. The summed E-state index contributed by atoms with van der Waals surface area (Å²) in [5.41, 5.74) is 3.44. The third-order valence-corrected chi connectivity index (χ3v) is 3.17. The van der Waals surface area contributed by atoms with Gasteiger partial charge >= 0.3 is 0 Å². The van der Waals surface area contributed by atoms with Crippen molar-refractivity contribution >= 4 is 15.9 Å². The monoisotopic (exact) mass is 312 g/mol. The SMILES string of the molecule is NNC(c1ccc(Br)cc1)c1cc(F)ccc1F. The van der Waals surface area contributed by atoms with Crippen LogP contribution in [0.1, 0.15) is 17.2 Å². The summed E-state index contributed by atoms with van der Waals surface area (Å²) in [7, 11) is 0. The molecular weight excluding hydrogens is 302 g/mol. The molecule has 0 radical (unpaired) electrons. The van der Waals surface area contributed by atoms with Gasteiger partial charge in [-0.25, -0.2) is 14.2 Å². The number of benzene rings is 2. The molecule has 0 heterocycles. The lowest BCUT2D eigenvalue weighted by Gasteiger charge is -2.17. The number of hydrazine groups is 1. The number of nitrogens with one attached hydrogen (secondary N) is 1. The highest BCUT2D eigenvalue weighted by Gasteiger charge is 2.17. The zero-order chi connectivity index (χ0) is 13.1. The lowest BCUT2D eigenvalue weighted by atomic mass is 9.99. The van der Waals surface area contributed by atoms with E-state index >= 15 is 0 Å². The molecule has 2 aromatic rings. The average Bonchev–Trinajstić information content (AvgIpc) is 2.37. The van der Waals surface area contributed by atoms with Crippen LogP contribution in [0.5, 0.6) is 0 Å². The van der Waals surface area contributed by atoms with Crippen molar-refractivity contribution < 1.29 is 8.78 Å². The Morgan fingerprint density at radius 1 is 1.06 bits per heavy atom. The molecule has 0 saturated heterocycles. The van der Waals surface area contributed by atoms with Gasteiger partial charge < -0.3 is 0 Å². The van der Waals surface area contributed by atoms with E-state index in [-0.39, 0.29) is 5.56 Å². The molecule has 0 amide bonds. The molecule has 1 unspecified atom stereocenters. The Kier molecular flexibility index (Phi) is 4.06. The van der Waals surface area contributed by atoms with Crippen LogP contribution in [0.4, 0.5) is 8.78 Å². The van der Waals surface area contributed by atoms with E-state index in [1.165, 1.54) is 0 Å². The van der Waals surface area contributed by atoms with Crippen molar-refractivity contribution in [2.24, 2.45) is 5.84 Å². The minimum atomic E-state index is -0.589. The summed E-state index contributed by atoms with van der Waals surface area (Å²) in [6.45, 7) is 0. The maximum absolute atomic E-state index is 13.7. The first-order valence-electron chi connectivity index (χ1n) is 5.28. The Labute approximate surface area is 112 Å². The van der Waals surface area contributed by atoms with Gasteiger partial charge in [0.1, 0.15) is 11.6 Å². The summed E-state index contributed by atoms with van der Waals surface area (Å²) in [5, 5.41) is 0. The van der Waals surface area contributed by atoms with Gasteiger partial charge in [0.2, 0.25) is 0 Å². The third kappa shape index (κ3) is 2.75. The lowest BCUT2D eigenvalue weighted by Crippen LogP contribution is -2.29. The molecule has 5 heteroatoms. The van der Waals surface area contributed by atoms with Gasteiger partial charge in [-0.3, -0.25) is 5.84 Å². The topological polar surface area (TPSA) is 38.0 Å². The summed E-state index contributed by atoms with van der Waals surface area (Å²) in [5.74, 6) is 4.45. The van der Waals surface area contributed by atoms with Crippen molar-refractivity contribution in [1.29, 1.82) is 0 Å².